The number of unbranched alkanes of at least 4 members (excludes halogenated alkanes) is 4. The maximum absolute atomic E-state index is 12.5. The van der Waals surface area contributed by atoms with E-state index in [1.165, 1.54) is 12.0 Å². The van der Waals surface area contributed by atoms with E-state index in [1.54, 1.807) is 0 Å². The van der Waals surface area contributed by atoms with Gasteiger partial charge in [-0.1, -0.05) is 45.2 Å². The zero-order valence-electron chi connectivity index (χ0n) is 23.6. The standard InChI is InChI=1S/C33H49NO4/c1-32-17-15-24(35)20-23(32)21-26(31-27-13-14-29(36)33(27,2)18-16-28(31)32)22-9-11-25(12-10-22)38-19-7-5-3-4-6-8-30(34)37/h9-12,23,26-29,31,36H,3-8,13-21H2,1-2H3,(H2,34,37)/t23?,26?,27-,28+,29?,31-,32-,33-/m0/s1. The van der Waals surface area contributed by atoms with Crippen LogP contribution in [0.3, 0.4) is 0 Å². The Morgan fingerprint density at radius 3 is 2.45 bits per heavy atom. The van der Waals surface area contributed by atoms with Crippen LogP contribution in [-0.4, -0.2) is 29.5 Å². The summed E-state index contributed by atoms with van der Waals surface area (Å²) in [6, 6.07) is 8.85. The van der Waals surface area contributed by atoms with Crippen molar-refractivity contribution in [2.24, 2.45) is 40.2 Å². The van der Waals surface area contributed by atoms with Gasteiger partial charge < -0.3 is 15.6 Å². The number of carbonyl (C=O) groups is 2. The molecule has 0 saturated heterocycles. The van der Waals surface area contributed by atoms with Gasteiger partial charge in [-0.25, -0.2) is 0 Å². The van der Waals surface area contributed by atoms with Gasteiger partial charge in [0.15, 0.2) is 0 Å². The van der Waals surface area contributed by atoms with Crippen LogP contribution in [-0.2, 0) is 9.59 Å². The molecule has 5 heteroatoms. The molecular formula is C33H49NO4. The molecule has 5 nitrogen and oxygen atoms in total. The number of benzene rings is 1. The first-order valence-electron chi connectivity index (χ1n) is 15.4. The maximum Gasteiger partial charge on any atom is 0.217 e. The van der Waals surface area contributed by atoms with Crippen molar-refractivity contribution in [3.63, 3.8) is 0 Å². The molecule has 1 amide bonds. The van der Waals surface area contributed by atoms with Crippen LogP contribution < -0.4 is 10.5 Å². The lowest BCUT2D eigenvalue weighted by atomic mass is 9.42. The second-order valence-electron chi connectivity index (χ2n) is 13.6. The Labute approximate surface area is 229 Å². The van der Waals surface area contributed by atoms with Gasteiger partial charge in [-0.2, -0.15) is 0 Å². The highest BCUT2D eigenvalue weighted by molar-refractivity contribution is 5.79. The Morgan fingerprint density at radius 2 is 1.68 bits per heavy atom. The van der Waals surface area contributed by atoms with Crippen molar-refractivity contribution in [1.29, 1.82) is 0 Å². The van der Waals surface area contributed by atoms with Crippen molar-refractivity contribution in [2.75, 3.05) is 6.61 Å². The molecule has 1 aromatic rings. The number of aliphatic hydroxyl groups is 1. The van der Waals surface area contributed by atoms with Crippen LogP contribution in [0.2, 0.25) is 0 Å². The maximum atomic E-state index is 12.5. The van der Waals surface area contributed by atoms with Gasteiger partial charge >= 0.3 is 0 Å². The molecule has 0 aromatic heterocycles. The molecule has 210 valence electrons. The highest BCUT2D eigenvalue weighted by Crippen LogP contribution is 2.68. The van der Waals surface area contributed by atoms with E-state index in [4.69, 9.17) is 10.5 Å². The molecule has 5 rings (SSSR count). The minimum absolute atomic E-state index is 0.0377. The zero-order valence-corrected chi connectivity index (χ0v) is 23.6. The summed E-state index contributed by atoms with van der Waals surface area (Å²) in [5.74, 6) is 3.90. The summed E-state index contributed by atoms with van der Waals surface area (Å²) in [6.07, 6.45) is 13.5. The Morgan fingerprint density at radius 1 is 0.974 bits per heavy atom. The molecule has 8 atom stereocenters. The minimum atomic E-state index is -0.208. The first-order chi connectivity index (χ1) is 18.2. The van der Waals surface area contributed by atoms with Crippen LogP contribution >= 0.6 is 0 Å². The first-order valence-corrected chi connectivity index (χ1v) is 15.4. The van der Waals surface area contributed by atoms with Crippen molar-refractivity contribution in [3.05, 3.63) is 29.8 Å². The number of nitrogens with two attached hydrogens (primary N) is 1. The third-order valence-corrected chi connectivity index (χ3v) is 11.6. The smallest absolute Gasteiger partial charge is 0.217 e. The summed E-state index contributed by atoms with van der Waals surface area (Å²) in [4.78, 5) is 23.4. The fourth-order valence-electron chi connectivity index (χ4n) is 9.32. The van der Waals surface area contributed by atoms with Gasteiger partial charge in [-0.05, 0) is 109 Å². The van der Waals surface area contributed by atoms with Crippen LogP contribution in [0, 0.1) is 34.5 Å². The van der Waals surface area contributed by atoms with Crippen molar-refractivity contribution in [3.8, 4) is 5.75 Å². The normalized spacial score (nSPS) is 38.2. The van der Waals surface area contributed by atoms with E-state index < -0.39 is 0 Å². The number of rotatable bonds is 10. The largest absolute Gasteiger partial charge is 0.494 e. The van der Waals surface area contributed by atoms with E-state index in [9.17, 15) is 14.7 Å². The van der Waals surface area contributed by atoms with Crippen molar-refractivity contribution in [2.45, 2.75) is 116 Å². The van der Waals surface area contributed by atoms with Crippen molar-refractivity contribution in [1.82, 2.24) is 0 Å². The number of amides is 1. The van der Waals surface area contributed by atoms with Gasteiger partial charge in [0, 0.05) is 19.3 Å². The van der Waals surface area contributed by atoms with Crippen molar-refractivity contribution >= 4 is 11.7 Å². The van der Waals surface area contributed by atoms with E-state index in [1.807, 2.05) is 0 Å². The molecule has 0 spiro atoms. The molecule has 3 unspecified atom stereocenters. The van der Waals surface area contributed by atoms with Crippen LogP contribution in [0.15, 0.2) is 24.3 Å². The molecule has 0 heterocycles. The lowest BCUT2D eigenvalue weighted by molar-refractivity contribution is -0.146. The molecular weight excluding hydrogens is 474 g/mol. The van der Waals surface area contributed by atoms with Gasteiger partial charge in [0.05, 0.1) is 12.7 Å². The van der Waals surface area contributed by atoms with E-state index in [2.05, 4.69) is 38.1 Å². The fourth-order valence-corrected chi connectivity index (χ4v) is 9.32. The number of carbonyl (C=O) groups excluding carboxylic acids is 2. The van der Waals surface area contributed by atoms with Gasteiger partial charge in [-0.3, -0.25) is 9.59 Å². The number of aliphatic hydroxyl groups excluding tert-OH is 1. The molecule has 1 aromatic carbocycles. The lowest BCUT2D eigenvalue weighted by Crippen LogP contribution is -2.56. The quantitative estimate of drug-likeness (QED) is 0.340. The zero-order chi connectivity index (χ0) is 26.9. The first kappa shape index (κ1) is 27.7. The molecule has 4 fully saturated rings. The predicted octanol–water partition coefficient (Wildman–Crippen LogP) is 6.56. The molecule has 0 aliphatic heterocycles. The average molecular weight is 524 g/mol. The molecule has 0 bridgehead atoms. The van der Waals surface area contributed by atoms with Crippen LogP contribution in [0.25, 0.3) is 0 Å². The lowest BCUT2D eigenvalue weighted by Gasteiger charge is -2.62. The summed E-state index contributed by atoms with van der Waals surface area (Å²) in [7, 11) is 0. The van der Waals surface area contributed by atoms with Gasteiger partial charge in [0.2, 0.25) is 5.91 Å². The van der Waals surface area contributed by atoms with Crippen molar-refractivity contribution < 1.29 is 19.4 Å². The molecule has 0 radical (unpaired) electrons. The summed E-state index contributed by atoms with van der Waals surface area (Å²) in [5, 5.41) is 11.0. The highest BCUT2D eigenvalue weighted by Gasteiger charge is 2.62. The number of ketones is 1. The monoisotopic (exact) mass is 523 g/mol. The van der Waals surface area contributed by atoms with E-state index in [-0.39, 0.29) is 22.8 Å². The minimum Gasteiger partial charge on any atom is -0.494 e. The number of primary amides is 1. The third kappa shape index (κ3) is 5.29. The Bertz CT molecular complexity index is 991. The molecule has 4 saturated carbocycles. The van der Waals surface area contributed by atoms with Crippen LogP contribution in [0.4, 0.5) is 0 Å². The summed E-state index contributed by atoms with van der Waals surface area (Å²) in [5.41, 5.74) is 6.89. The van der Waals surface area contributed by atoms with E-state index >= 15 is 0 Å². The fraction of sp³-hybridized carbons (Fsp3) is 0.758. The molecule has 38 heavy (non-hydrogen) atoms. The number of ether oxygens (including phenoxy) is 1. The average Bonchev–Trinajstić information content (AvgIpc) is 3.20. The van der Waals surface area contributed by atoms with E-state index in [0.29, 0.717) is 48.4 Å². The predicted molar refractivity (Wildman–Crippen MR) is 150 cm³/mol. The number of hydrogen-bond acceptors (Lipinski definition) is 4. The molecule has 3 N–H and O–H groups in total. The Balaban J connectivity index is 1.26. The SMILES string of the molecule is C[C@]12CCC(=O)CC1CC(c1ccc(OCCCCCCCC(N)=O)cc1)[C@@H]1[C@H]2CC[C@]2(C)C(O)CC[C@@H]12. The molecule has 4 aliphatic carbocycles. The summed E-state index contributed by atoms with van der Waals surface area (Å²) >= 11 is 0. The van der Waals surface area contributed by atoms with Gasteiger partial charge in [-0.15, -0.1) is 0 Å². The molecule has 4 aliphatic rings. The van der Waals surface area contributed by atoms with Gasteiger partial charge in [0.25, 0.3) is 0 Å². The second kappa shape index (κ2) is 11.3. The van der Waals surface area contributed by atoms with Crippen LogP contribution in [0.5, 0.6) is 5.75 Å². The van der Waals surface area contributed by atoms with Crippen LogP contribution in [0.1, 0.15) is 115 Å². The van der Waals surface area contributed by atoms with E-state index in [0.717, 1.165) is 82.8 Å². The Hall–Kier alpha value is -1.88. The number of hydrogen-bond donors (Lipinski definition) is 2. The number of Topliss-reactive ketones (excluding diaryl/α,β-unsaturated/α-hetero) is 1. The highest BCUT2D eigenvalue weighted by atomic mass is 16.5. The van der Waals surface area contributed by atoms with Gasteiger partial charge in [0.1, 0.15) is 11.5 Å². The summed E-state index contributed by atoms with van der Waals surface area (Å²) in [6.45, 7) is 5.57. The Kier molecular flexibility index (Phi) is 8.24. The summed E-state index contributed by atoms with van der Waals surface area (Å²) < 4.78 is 6.06. The topological polar surface area (TPSA) is 89.6 Å². The second-order valence-corrected chi connectivity index (χ2v) is 13.6. The third-order valence-electron chi connectivity index (χ3n) is 11.6. The number of fused-ring (bicyclic) bond motifs is 5.